The minimum Gasteiger partial charge on any atom is -0.300 e. The monoisotopic (exact) mass is 253 g/mol. The summed E-state index contributed by atoms with van der Waals surface area (Å²) in [6.45, 7) is 4.04. The molecule has 17 heavy (non-hydrogen) atoms. The minimum absolute atomic E-state index is 0.0626. The number of carbonyl (C=O) groups is 1. The van der Waals surface area contributed by atoms with Gasteiger partial charge in [-0.1, -0.05) is 30.4 Å². The highest BCUT2D eigenvalue weighted by molar-refractivity contribution is 7.15. The van der Waals surface area contributed by atoms with E-state index in [0.717, 1.165) is 5.01 Å². The van der Waals surface area contributed by atoms with E-state index < -0.39 is 0 Å². The summed E-state index contributed by atoms with van der Waals surface area (Å²) in [7, 11) is 0. The first-order chi connectivity index (χ1) is 8.15. The van der Waals surface area contributed by atoms with Crippen molar-refractivity contribution in [3.63, 3.8) is 0 Å². The highest BCUT2D eigenvalue weighted by Gasteiger charge is 2.12. The summed E-state index contributed by atoms with van der Waals surface area (Å²) in [5.74, 6) is 0.407. The molecule has 0 saturated heterocycles. The summed E-state index contributed by atoms with van der Waals surface area (Å²) < 4.78 is 0. The summed E-state index contributed by atoms with van der Waals surface area (Å²) in [4.78, 5) is 11.6. The van der Waals surface area contributed by atoms with E-state index in [-0.39, 0.29) is 12.3 Å². The van der Waals surface area contributed by atoms with Crippen molar-refractivity contribution in [1.29, 1.82) is 0 Å². The van der Waals surface area contributed by atoms with E-state index >= 15 is 0 Å². The smallest absolute Gasteiger partial charge is 0.234 e. The molecule has 0 fully saturated rings. The zero-order valence-corrected chi connectivity index (χ0v) is 10.2. The third-order valence-electron chi connectivity index (χ3n) is 1.89. The Balaban J connectivity index is 1.93. The second-order valence-electron chi connectivity index (χ2n) is 3.65. The van der Waals surface area contributed by atoms with Gasteiger partial charge in [0.05, 0.1) is 6.42 Å². The topological polar surface area (TPSA) is 109 Å². The standard InChI is InChI=1S/C8H11N7OS/c1-4(2)7-12-13-8(17-7)9-6(16)3-5-10-14-15-11-5/h4H,3H2,1-2H3,(H,9,13,16)(H,10,11,14,15). The molecule has 2 aromatic heterocycles. The number of hydrogen-bond donors (Lipinski definition) is 2. The van der Waals surface area contributed by atoms with Crippen molar-refractivity contribution in [2.24, 2.45) is 0 Å². The number of rotatable bonds is 4. The molecule has 2 aromatic rings. The van der Waals surface area contributed by atoms with Gasteiger partial charge >= 0.3 is 0 Å². The number of anilines is 1. The van der Waals surface area contributed by atoms with Gasteiger partial charge in [0.2, 0.25) is 11.0 Å². The van der Waals surface area contributed by atoms with E-state index in [2.05, 4.69) is 36.1 Å². The fourth-order valence-corrected chi connectivity index (χ4v) is 1.84. The van der Waals surface area contributed by atoms with Crippen molar-refractivity contribution >= 4 is 22.4 Å². The third kappa shape index (κ3) is 3.03. The van der Waals surface area contributed by atoms with Crippen molar-refractivity contribution in [2.75, 3.05) is 5.32 Å². The van der Waals surface area contributed by atoms with Crippen LogP contribution in [0, 0.1) is 0 Å². The van der Waals surface area contributed by atoms with E-state index in [0.29, 0.717) is 16.9 Å². The molecule has 0 spiro atoms. The molecule has 0 unspecified atom stereocenters. The number of tetrazole rings is 1. The van der Waals surface area contributed by atoms with Gasteiger partial charge in [0.25, 0.3) is 0 Å². The Morgan fingerprint density at radius 2 is 2.24 bits per heavy atom. The molecular weight excluding hydrogens is 242 g/mol. The van der Waals surface area contributed by atoms with Crippen LogP contribution < -0.4 is 5.32 Å². The molecule has 2 rings (SSSR count). The lowest BCUT2D eigenvalue weighted by molar-refractivity contribution is -0.115. The number of aromatic amines is 1. The molecular formula is C8H11N7OS. The second-order valence-corrected chi connectivity index (χ2v) is 4.66. The molecule has 0 aliphatic heterocycles. The van der Waals surface area contributed by atoms with Gasteiger partial charge in [0.1, 0.15) is 5.01 Å². The molecule has 9 heteroatoms. The van der Waals surface area contributed by atoms with Crippen LogP contribution in [0.25, 0.3) is 0 Å². The molecule has 2 heterocycles. The summed E-state index contributed by atoms with van der Waals surface area (Å²) in [6.07, 6.45) is 0.0626. The SMILES string of the molecule is CC(C)c1nnc(NC(=O)Cc2nn[nH]n2)s1. The number of aromatic nitrogens is 6. The van der Waals surface area contributed by atoms with Crippen LogP contribution >= 0.6 is 11.3 Å². The number of H-pyrrole nitrogens is 1. The Kier molecular flexibility index (Phi) is 3.38. The zero-order valence-electron chi connectivity index (χ0n) is 9.34. The fourth-order valence-electron chi connectivity index (χ4n) is 1.08. The summed E-state index contributed by atoms with van der Waals surface area (Å²) in [5.41, 5.74) is 0. The molecule has 1 amide bonds. The van der Waals surface area contributed by atoms with Crippen molar-refractivity contribution < 1.29 is 4.79 Å². The number of nitrogens with zero attached hydrogens (tertiary/aromatic N) is 5. The Morgan fingerprint density at radius 1 is 1.41 bits per heavy atom. The van der Waals surface area contributed by atoms with E-state index in [9.17, 15) is 4.79 Å². The first-order valence-corrected chi connectivity index (χ1v) is 5.82. The first kappa shape index (κ1) is 11.6. The molecule has 0 bridgehead atoms. The maximum atomic E-state index is 11.6. The van der Waals surface area contributed by atoms with E-state index in [4.69, 9.17) is 0 Å². The minimum atomic E-state index is -0.238. The zero-order chi connectivity index (χ0) is 12.3. The fraction of sp³-hybridized carbons (Fsp3) is 0.500. The molecule has 2 N–H and O–H groups in total. The lowest BCUT2D eigenvalue weighted by Gasteiger charge is -1.97. The van der Waals surface area contributed by atoms with Crippen LogP contribution in [-0.4, -0.2) is 36.7 Å². The van der Waals surface area contributed by atoms with Crippen LogP contribution in [-0.2, 0) is 11.2 Å². The maximum absolute atomic E-state index is 11.6. The van der Waals surface area contributed by atoms with Gasteiger partial charge in [-0.15, -0.1) is 20.4 Å². The van der Waals surface area contributed by atoms with Gasteiger partial charge in [0.15, 0.2) is 5.82 Å². The number of nitrogens with one attached hydrogen (secondary N) is 2. The van der Waals surface area contributed by atoms with Crippen molar-refractivity contribution in [3.05, 3.63) is 10.8 Å². The predicted octanol–water partition coefficient (Wildman–Crippen LogP) is 0.356. The number of amides is 1. The molecule has 0 atom stereocenters. The first-order valence-electron chi connectivity index (χ1n) is 5.00. The summed E-state index contributed by atoms with van der Waals surface area (Å²) in [6, 6.07) is 0. The molecule has 8 nitrogen and oxygen atoms in total. The van der Waals surface area contributed by atoms with Crippen LogP contribution in [0.1, 0.15) is 30.6 Å². The normalized spacial score (nSPS) is 10.8. The van der Waals surface area contributed by atoms with Gasteiger partial charge in [0, 0.05) is 5.92 Å². The highest BCUT2D eigenvalue weighted by atomic mass is 32.1. The van der Waals surface area contributed by atoms with Gasteiger partial charge in [-0.2, -0.15) is 5.21 Å². The van der Waals surface area contributed by atoms with E-state index in [1.807, 2.05) is 13.8 Å². The van der Waals surface area contributed by atoms with Crippen LogP contribution in [0.15, 0.2) is 0 Å². The highest BCUT2D eigenvalue weighted by Crippen LogP contribution is 2.22. The van der Waals surface area contributed by atoms with Crippen molar-refractivity contribution in [3.8, 4) is 0 Å². The second kappa shape index (κ2) is 4.95. The molecule has 0 aliphatic carbocycles. The summed E-state index contributed by atoms with van der Waals surface area (Å²) in [5, 5.41) is 24.9. The Hall–Kier alpha value is -1.90. The Morgan fingerprint density at radius 3 is 2.82 bits per heavy atom. The van der Waals surface area contributed by atoms with Crippen LogP contribution in [0.3, 0.4) is 0 Å². The molecule has 0 radical (unpaired) electrons. The van der Waals surface area contributed by atoms with Gasteiger partial charge in [-0.05, 0) is 0 Å². The molecule has 90 valence electrons. The Bertz CT molecular complexity index is 492. The predicted molar refractivity (Wildman–Crippen MR) is 60.5 cm³/mol. The van der Waals surface area contributed by atoms with Crippen LogP contribution in [0.5, 0.6) is 0 Å². The maximum Gasteiger partial charge on any atom is 0.234 e. The Labute approximate surface area is 101 Å². The quantitative estimate of drug-likeness (QED) is 0.814. The lowest BCUT2D eigenvalue weighted by Crippen LogP contribution is -2.15. The van der Waals surface area contributed by atoms with Crippen molar-refractivity contribution in [1.82, 2.24) is 30.8 Å². The van der Waals surface area contributed by atoms with Crippen LogP contribution in [0.4, 0.5) is 5.13 Å². The largest absolute Gasteiger partial charge is 0.300 e. The average Bonchev–Trinajstić information content (AvgIpc) is 2.88. The van der Waals surface area contributed by atoms with Crippen molar-refractivity contribution in [2.45, 2.75) is 26.2 Å². The van der Waals surface area contributed by atoms with E-state index in [1.54, 1.807) is 0 Å². The van der Waals surface area contributed by atoms with Gasteiger partial charge < -0.3 is 5.32 Å². The van der Waals surface area contributed by atoms with Gasteiger partial charge in [-0.3, -0.25) is 4.79 Å². The molecule has 0 aromatic carbocycles. The summed E-state index contributed by atoms with van der Waals surface area (Å²) >= 11 is 1.36. The van der Waals surface area contributed by atoms with Crippen LogP contribution in [0.2, 0.25) is 0 Å². The third-order valence-corrected chi connectivity index (χ3v) is 3.03. The number of carbonyl (C=O) groups excluding carboxylic acids is 1. The van der Waals surface area contributed by atoms with E-state index in [1.165, 1.54) is 11.3 Å². The number of hydrogen-bond acceptors (Lipinski definition) is 7. The molecule has 0 aliphatic rings. The average molecular weight is 253 g/mol. The van der Waals surface area contributed by atoms with Gasteiger partial charge in [-0.25, -0.2) is 0 Å². The lowest BCUT2D eigenvalue weighted by atomic mass is 10.2. The molecule has 0 saturated carbocycles.